The SMILES string of the molecule is CO[C@H]1O[C@H](CO)[C@@H](O)[C@H](O)[C@H]1O.O=P(O)(O)OP(=O)(O)O.O=P(O)(O)OP(=O)(O)O. The molecule has 0 aromatic heterocycles. The lowest BCUT2D eigenvalue weighted by Gasteiger charge is -2.38. The van der Waals surface area contributed by atoms with E-state index in [4.69, 9.17) is 53.7 Å². The molecular weight excluding hydrogens is 528 g/mol. The van der Waals surface area contributed by atoms with E-state index in [2.05, 4.69) is 8.62 Å². The molecule has 0 spiro atoms. The van der Waals surface area contributed by atoms with Gasteiger partial charge in [-0.15, -0.1) is 0 Å². The Morgan fingerprint density at radius 2 is 1.00 bits per heavy atom. The third kappa shape index (κ3) is 18.4. The smallest absolute Gasteiger partial charge is 0.394 e. The summed E-state index contributed by atoms with van der Waals surface area (Å²) in [6.45, 7) is -0.440. The minimum absolute atomic E-state index is 0.440. The molecule has 1 saturated heterocycles. The van der Waals surface area contributed by atoms with Crippen LogP contribution < -0.4 is 0 Å². The van der Waals surface area contributed by atoms with Crippen molar-refractivity contribution >= 4 is 31.3 Å². The molecule has 0 aromatic carbocycles. The summed E-state index contributed by atoms with van der Waals surface area (Å²) in [4.78, 5) is 62.0. The van der Waals surface area contributed by atoms with E-state index in [9.17, 15) is 33.6 Å². The molecule has 1 aliphatic heterocycles. The van der Waals surface area contributed by atoms with Gasteiger partial charge >= 0.3 is 31.3 Å². The van der Waals surface area contributed by atoms with Crippen LogP contribution in [0.25, 0.3) is 0 Å². The van der Waals surface area contributed by atoms with Gasteiger partial charge in [-0.05, 0) is 0 Å². The summed E-state index contributed by atoms with van der Waals surface area (Å²) in [7, 11) is -18.9. The Balaban J connectivity index is 0. The number of hydrogen-bond acceptors (Lipinski definition) is 12. The van der Waals surface area contributed by atoms with Crippen LogP contribution >= 0.6 is 31.3 Å². The lowest BCUT2D eigenvalue weighted by molar-refractivity contribution is -0.294. The van der Waals surface area contributed by atoms with Gasteiger partial charge in [0.1, 0.15) is 24.4 Å². The molecule has 1 fully saturated rings. The molecule has 1 heterocycles. The number of hydrogen-bond donors (Lipinski definition) is 12. The Labute approximate surface area is 172 Å². The van der Waals surface area contributed by atoms with Gasteiger partial charge in [-0.1, -0.05) is 0 Å². The van der Waals surface area contributed by atoms with Gasteiger partial charge in [-0.2, -0.15) is 8.62 Å². The first-order chi connectivity index (χ1) is 13.5. The van der Waals surface area contributed by atoms with E-state index < -0.39 is 68.6 Å². The van der Waals surface area contributed by atoms with E-state index in [1.807, 2.05) is 0 Å². The average Bonchev–Trinajstić information content (AvgIpc) is 2.47. The first-order valence-corrected chi connectivity index (χ1v) is 13.1. The second-order valence-corrected chi connectivity index (χ2v) is 10.3. The number of phosphoric acid groups is 4. The van der Waals surface area contributed by atoms with Crippen LogP contribution in [0.5, 0.6) is 0 Å². The zero-order valence-corrected chi connectivity index (χ0v) is 18.6. The molecule has 0 bridgehead atoms. The molecule has 20 nitrogen and oxygen atoms in total. The summed E-state index contributed by atoms with van der Waals surface area (Å²) in [5.74, 6) is 0. The van der Waals surface area contributed by atoms with Crippen molar-refractivity contribution in [3.63, 3.8) is 0 Å². The van der Waals surface area contributed by atoms with E-state index in [0.717, 1.165) is 0 Å². The highest BCUT2D eigenvalue weighted by atomic mass is 31.3. The molecule has 0 radical (unpaired) electrons. The molecule has 0 unspecified atom stereocenters. The largest absolute Gasteiger partial charge is 0.478 e. The van der Waals surface area contributed by atoms with Crippen molar-refractivity contribution in [1.82, 2.24) is 0 Å². The Morgan fingerprint density at radius 1 is 0.677 bits per heavy atom. The molecule has 31 heavy (non-hydrogen) atoms. The van der Waals surface area contributed by atoms with Crippen molar-refractivity contribution in [1.29, 1.82) is 0 Å². The first kappa shape index (κ1) is 33.5. The van der Waals surface area contributed by atoms with Crippen molar-refractivity contribution in [3.05, 3.63) is 0 Å². The van der Waals surface area contributed by atoms with Crippen molar-refractivity contribution in [2.24, 2.45) is 0 Å². The summed E-state index contributed by atoms with van der Waals surface area (Å²) in [5.41, 5.74) is 0. The van der Waals surface area contributed by atoms with E-state index in [1.54, 1.807) is 0 Å². The molecule has 24 heteroatoms. The zero-order chi connectivity index (χ0) is 25.4. The Morgan fingerprint density at radius 3 is 1.19 bits per heavy atom. The number of aliphatic hydroxyl groups excluding tert-OH is 4. The molecule has 0 amide bonds. The molecule has 1 rings (SSSR count). The summed E-state index contributed by atoms with van der Waals surface area (Å²) in [5, 5.41) is 36.6. The topological polar surface area (TPSA) is 348 Å². The normalized spacial score (nSPS) is 27.5. The molecule has 0 aromatic rings. The highest BCUT2D eigenvalue weighted by Gasteiger charge is 2.43. The average molecular weight is 550 g/mol. The van der Waals surface area contributed by atoms with Gasteiger partial charge in [-0.25, -0.2) is 18.3 Å². The summed E-state index contributed by atoms with van der Waals surface area (Å²) in [6.07, 6.45) is -5.91. The highest BCUT2D eigenvalue weighted by molar-refractivity contribution is 7.60. The molecule has 5 atom stereocenters. The number of ether oxygens (including phenoxy) is 2. The van der Waals surface area contributed by atoms with Crippen LogP contribution in [0.4, 0.5) is 0 Å². The van der Waals surface area contributed by atoms with Crippen LogP contribution in [0, 0.1) is 0 Å². The number of rotatable bonds is 6. The van der Waals surface area contributed by atoms with Crippen molar-refractivity contribution < 1.29 is 95.9 Å². The van der Waals surface area contributed by atoms with Crippen LogP contribution in [0.1, 0.15) is 0 Å². The van der Waals surface area contributed by atoms with Crippen LogP contribution in [0.2, 0.25) is 0 Å². The molecule has 0 saturated carbocycles. The van der Waals surface area contributed by atoms with Crippen molar-refractivity contribution in [2.75, 3.05) is 13.7 Å². The molecule has 0 aliphatic carbocycles. The van der Waals surface area contributed by atoms with Gasteiger partial charge in [0.15, 0.2) is 6.29 Å². The summed E-state index contributed by atoms with van der Waals surface area (Å²) in [6, 6.07) is 0. The van der Waals surface area contributed by atoms with Crippen LogP contribution in [-0.4, -0.2) is 104 Å². The summed E-state index contributed by atoms with van der Waals surface area (Å²) < 4.78 is 54.1. The second-order valence-electron chi connectivity index (χ2n) is 5.06. The van der Waals surface area contributed by atoms with Gasteiger partial charge in [0.2, 0.25) is 0 Å². The number of aliphatic hydroxyl groups is 4. The third-order valence-corrected chi connectivity index (χ3v) is 5.91. The van der Waals surface area contributed by atoms with E-state index >= 15 is 0 Å². The first-order valence-electron chi connectivity index (χ1n) is 7.01. The zero-order valence-electron chi connectivity index (χ0n) is 15.0. The predicted octanol–water partition coefficient (Wildman–Crippen LogP) is -4.19. The predicted molar refractivity (Wildman–Crippen MR) is 91.1 cm³/mol. The van der Waals surface area contributed by atoms with Crippen molar-refractivity contribution in [3.8, 4) is 0 Å². The number of methoxy groups -OCH3 is 1. The Hall–Kier alpha value is 0.280. The lowest BCUT2D eigenvalue weighted by atomic mass is 9.99. The fourth-order valence-corrected chi connectivity index (χ4v) is 3.76. The summed E-state index contributed by atoms with van der Waals surface area (Å²) >= 11 is 0. The Kier molecular flexibility index (Phi) is 14.3. The molecule has 1 aliphatic rings. The highest BCUT2D eigenvalue weighted by Crippen LogP contribution is 2.54. The minimum atomic E-state index is -5.05. The van der Waals surface area contributed by atoms with Crippen LogP contribution in [0.15, 0.2) is 0 Å². The molecule has 12 N–H and O–H groups in total. The van der Waals surface area contributed by atoms with Gasteiger partial charge in [-0.3, -0.25) is 0 Å². The maximum absolute atomic E-state index is 9.63. The van der Waals surface area contributed by atoms with Gasteiger partial charge in [0.25, 0.3) is 0 Å². The Bertz CT molecular complexity index is 598. The van der Waals surface area contributed by atoms with Gasteiger partial charge in [0, 0.05) is 7.11 Å². The lowest BCUT2D eigenvalue weighted by Crippen LogP contribution is -2.58. The second kappa shape index (κ2) is 13.2. The molecule has 190 valence electrons. The quantitative estimate of drug-likeness (QED) is 0.139. The van der Waals surface area contributed by atoms with E-state index in [0.29, 0.717) is 0 Å². The minimum Gasteiger partial charge on any atom is -0.394 e. The van der Waals surface area contributed by atoms with E-state index in [-0.39, 0.29) is 0 Å². The van der Waals surface area contributed by atoms with Crippen molar-refractivity contribution in [2.45, 2.75) is 30.7 Å². The van der Waals surface area contributed by atoms with Crippen LogP contribution in [0.3, 0.4) is 0 Å². The van der Waals surface area contributed by atoms with Gasteiger partial charge < -0.3 is 69.0 Å². The van der Waals surface area contributed by atoms with E-state index in [1.165, 1.54) is 7.11 Å². The fraction of sp³-hybridized carbons (Fsp3) is 1.00. The third-order valence-electron chi connectivity index (χ3n) is 2.51. The maximum Gasteiger partial charge on any atom is 0.478 e. The molecular formula is C7H22O20P4. The van der Waals surface area contributed by atoms with Gasteiger partial charge in [0.05, 0.1) is 6.61 Å². The fourth-order valence-electron chi connectivity index (χ4n) is 1.54. The maximum atomic E-state index is 9.63. The monoisotopic (exact) mass is 550 g/mol. The van der Waals surface area contributed by atoms with Crippen LogP contribution in [-0.2, 0) is 36.4 Å². The standard InChI is InChI=1S/C7H14O6.2H4O7P2/c1-12-7-6(11)5(10)4(9)3(2-8)13-7;2*1-8(2,3)7-9(4,5)6/h3-11H,2H2,1H3;2*(H2,1,2,3)(H2,4,5,6)/t3-,4-,5+,6-,7+;;/m1../s1.